The Hall–Kier alpha value is -3.55. The van der Waals surface area contributed by atoms with Crippen molar-refractivity contribution in [2.24, 2.45) is 0 Å². The summed E-state index contributed by atoms with van der Waals surface area (Å²) >= 11 is 6.50. The maximum absolute atomic E-state index is 13.0. The van der Waals surface area contributed by atoms with Crippen molar-refractivity contribution in [1.82, 2.24) is 20.1 Å². The summed E-state index contributed by atoms with van der Waals surface area (Å²) in [5.74, 6) is -0.326. The van der Waals surface area contributed by atoms with Gasteiger partial charge in [0.1, 0.15) is 6.04 Å². The van der Waals surface area contributed by atoms with E-state index >= 15 is 0 Å². The summed E-state index contributed by atoms with van der Waals surface area (Å²) in [5.41, 5.74) is 5.53. The van der Waals surface area contributed by atoms with Crippen molar-refractivity contribution in [2.75, 3.05) is 13.1 Å². The molecule has 0 bridgehead atoms. The van der Waals surface area contributed by atoms with Gasteiger partial charge in [-0.15, -0.1) is 0 Å². The standard InChI is InChI=1S/C28H25ClN4O3/c29-23-12-30-24(11-20(23)13-32-14-21(15-32)17-4-2-1-3-5-17)18-6-7-22-19(10-18)16-33(28(22)36)25-8-9-26(34)31-27(25)35/h1-7,10-12,21,25H,8-9,13-16H2,(H,31,34,35). The molecule has 4 heterocycles. The number of fused-ring (bicyclic) bond motifs is 1. The van der Waals surface area contributed by atoms with E-state index in [1.54, 1.807) is 17.2 Å². The molecule has 3 aliphatic heterocycles. The van der Waals surface area contributed by atoms with Gasteiger partial charge in [0.2, 0.25) is 11.8 Å². The second-order valence-corrected chi connectivity index (χ2v) is 10.1. The highest BCUT2D eigenvalue weighted by molar-refractivity contribution is 6.31. The molecule has 2 saturated heterocycles. The van der Waals surface area contributed by atoms with Crippen molar-refractivity contribution in [3.63, 3.8) is 0 Å². The molecule has 2 aromatic carbocycles. The first-order valence-electron chi connectivity index (χ1n) is 12.2. The van der Waals surface area contributed by atoms with Gasteiger partial charge < -0.3 is 4.90 Å². The van der Waals surface area contributed by atoms with Crippen LogP contribution in [0.25, 0.3) is 11.3 Å². The number of piperidine rings is 1. The van der Waals surface area contributed by atoms with Gasteiger partial charge in [0.25, 0.3) is 5.91 Å². The molecule has 3 aliphatic rings. The number of pyridine rings is 1. The van der Waals surface area contributed by atoms with Gasteiger partial charge in [-0.05, 0) is 41.3 Å². The summed E-state index contributed by atoms with van der Waals surface area (Å²) in [6.45, 7) is 3.08. The fourth-order valence-corrected chi connectivity index (χ4v) is 5.53. The molecule has 1 unspecified atom stereocenters. The lowest BCUT2D eigenvalue weighted by Gasteiger charge is -2.39. The minimum Gasteiger partial charge on any atom is -0.322 e. The molecule has 0 aliphatic carbocycles. The van der Waals surface area contributed by atoms with Gasteiger partial charge in [0, 0.05) is 55.8 Å². The number of nitrogens with zero attached hydrogens (tertiary/aromatic N) is 3. The first kappa shape index (κ1) is 22.9. The van der Waals surface area contributed by atoms with Crippen molar-refractivity contribution in [2.45, 2.75) is 37.9 Å². The average molecular weight is 501 g/mol. The molecular formula is C28H25ClN4O3. The normalized spacial score (nSPS) is 20.3. The van der Waals surface area contributed by atoms with E-state index in [1.165, 1.54) is 5.56 Å². The first-order valence-corrected chi connectivity index (χ1v) is 12.5. The van der Waals surface area contributed by atoms with Crippen molar-refractivity contribution in [3.8, 4) is 11.3 Å². The third kappa shape index (κ3) is 4.18. The third-order valence-electron chi connectivity index (χ3n) is 7.38. The molecule has 6 rings (SSSR count). The van der Waals surface area contributed by atoms with Crippen molar-refractivity contribution in [3.05, 3.63) is 88.1 Å². The number of aromatic nitrogens is 1. The molecule has 1 atom stereocenters. The van der Waals surface area contributed by atoms with Crippen LogP contribution in [0.1, 0.15) is 45.8 Å². The second-order valence-electron chi connectivity index (χ2n) is 9.73. The number of imide groups is 1. The summed E-state index contributed by atoms with van der Waals surface area (Å²) in [5, 5.41) is 2.98. The van der Waals surface area contributed by atoms with Crippen LogP contribution in [0.3, 0.4) is 0 Å². The Balaban J connectivity index is 1.17. The topological polar surface area (TPSA) is 82.6 Å². The van der Waals surface area contributed by atoms with E-state index in [9.17, 15) is 14.4 Å². The minimum atomic E-state index is -0.623. The van der Waals surface area contributed by atoms with Crippen molar-refractivity contribution in [1.29, 1.82) is 0 Å². The quantitative estimate of drug-likeness (QED) is 0.539. The zero-order valence-corrected chi connectivity index (χ0v) is 20.4. The van der Waals surface area contributed by atoms with E-state index < -0.39 is 11.9 Å². The van der Waals surface area contributed by atoms with E-state index in [0.29, 0.717) is 29.5 Å². The Labute approximate surface area is 214 Å². The lowest BCUT2D eigenvalue weighted by molar-refractivity contribution is -0.136. The largest absolute Gasteiger partial charge is 0.322 e. The van der Waals surface area contributed by atoms with Gasteiger partial charge in [0.05, 0.1) is 10.7 Å². The summed E-state index contributed by atoms with van der Waals surface area (Å²) in [4.78, 5) is 45.3. The average Bonchev–Trinajstić information content (AvgIpc) is 3.18. The lowest BCUT2D eigenvalue weighted by atomic mass is 9.91. The van der Waals surface area contributed by atoms with Gasteiger partial charge in [-0.2, -0.15) is 0 Å². The number of amides is 3. The van der Waals surface area contributed by atoms with Crippen LogP contribution < -0.4 is 5.32 Å². The van der Waals surface area contributed by atoms with Crippen molar-refractivity contribution >= 4 is 29.3 Å². The van der Waals surface area contributed by atoms with Crippen LogP contribution in [-0.2, 0) is 22.7 Å². The fourth-order valence-electron chi connectivity index (χ4n) is 5.37. The van der Waals surface area contributed by atoms with Crippen LogP contribution >= 0.6 is 11.6 Å². The number of nitrogens with one attached hydrogen (secondary N) is 1. The van der Waals surface area contributed by atoms with E-state index in [1.807, 2.05) is 24.3 Å². The first-order chi connectivity index (χ1) is 17.5. The van der Waals surface area contributed by atoms with Gasteiger partial charge in [-0.3, -0.25) is 29.6 Å². The molecular weight excluding hydrogens is 476 g/mol. The molecule has 36 heavy (non-hydrogen) atoms. The molecule has 182 valence electrons. The number of hydrogen-bond donors (Lipinski definition) is 1. The van der Waals surface area contributed by atoms with E-state index in [0.717, 1.165) is 42.0 Å². The SMILES string of the molecule is O=C1CCC(N2Cc3cc(-c4cc(CN5CC(c6ccccc6)C5)c(Cl)cn4)ccc3C2=O)C(=O)N1. The Bertz CT molecular complexity index is 1370. The smallest absolute Gasteiger partial charge is 0.255 e. The summed E-state index contributed by atoms with van der Waals surface area (Å²) < 4.78 is 0. The number of carbonyl (C=O) groups excluding carboxylic acids is 3. The Kier molecular flexibility index (Phi) is 5.82. The predicted molar refractivity (Wildman–Crippen MR) is 135 cm³/mol. The summed E-state index contributed by atoms with van der Waals surface area (Å²) in [6, 6.07) is 17.6. The molecule has 1 aromatic heterocycles. The number of carbonyl (C=O) groups is 3. The lowest BCUT2D eigenvalue weighted by Crippen LogP contribution is -2.52. The molecule has 3 aromatic rings. The summed E-state index contributed by atoms with van der Waals surface area (Å²) in [7, 11) is 0. The van der Waals surface area contributed by atoms with Crippen LogP contribution in [-0.4, -0.2) is 51.6 Å². The number of hydrogen-bond acceptors (Lipinski definition) is 5. The molecule has 0 spiro atoms. The van der Waals surface area contributed by atoms with Gasteiger partial charge in [-0.1, -0.05) is 48.0 Å². The Morgan fingerprint density at radius 3 is 2.61 bits per heavy atom. The monoisotopic (exact) mass is 500 g/mol. The Morgan fingerprint density at radius 1 is 1.03 bits per heavy atom. The fraction of sp³-hybridized carbons (Fsp3) is 0.286. The maximum atomic E-state index is 13.0. The second kappa shape index (κ2) is 9.15. The van der Waals surface area contributed by atoms with Crippen molar-refractivity contribution < 1.29 is 14.4 Å². The number of benzene rings is 2. The summed E-state index contributed by atoms with van der Waals surface area (Å²) in [6.07, 6.45) is 2.28. The van der Waals surface area contributed by atoms with Crippen LogP contribution in [0.4, 0.5) is 0 Å². The molecule has 1 N–H and O–H groups in total. The molecule has 3 amide bonds. The zero-order valence-electron chi connectivity index (χ0n) is 19.6. The molecule has 7 nitrogen and oxygen atoms in total. The molecule has 2 fully saturated rings. The third-order valence-corrected chi connectivity index (χ3v) is 7.72. The van der Waals surface area contributed by atoms with Crippen LogP contribution in [0.5, 0.6) is 0 Å². The molecule has 0 saturated carbocycles. The van der Waals surface area contributed by atoms with E-state index in [-0.39, 0.29) is 18.2 Å². The van der Waals surface area contributed by atoms with Gasteiger partial charge >= 0.3 is 0 Å². The highest BCUT2D eigenvalue weighted by Gasteiger charge is 2.39. The number of halogens is 1. The predicted octanol–water partition coefficient (Wildman–Crippen LogP) is 3.76. The van der Waals surface area contributed by atoms with E-state index in [4.69, 9.17) is 11.6 Å². The zero-order chi connectivity index (χ0) is 24.8. The van der Waals surface area contributed by atoms with Crippen LogP contribution in [0, 0.1) is 0 Å². The maximum Gasteiger partial charge on any atom is 0.255 e. The number of rotatable bonds is 5. The Morgan fingerprint density at radius 2 is 1.83 bits per heavy atom. The van der Waals surface area contributed by atoms with E-state index in [2.05, 4.69) is 39.5 Å². The molecule has 8 heteroatoms. The van der Waals surface area contributed by atoms with Crippen LogP contribution in [0.15, 0.2) is 60.8 Å². The highest BCUT2D eigenvalue weighted by atomic mass is 35.5. The highest BCUT2D eigenvalue weighted by Crippen LogP contribution is 2.33. The van der Waals surface area contributed by atoms with Gasteiger partial charge in [0.15, 0.2) is 0 Å². The molecule has 0 radical (unpaired) electrons. The number of likely N-dealkylation sites (tertiary alicyclic amines) is 1. The van der Waals surface area contributed by atoms with Gasteiger partial charge in [-0.25, -0.2) is 0 Å². The van der Waals surface area contributed by atoms with Crippen LogP contribution in [0.2, 0.25) is 5.02 Å². The minimum absolute atomic E-state index is 0.179.